The van der Waals surface area contributed by atoms with Crippen molar-refractivity contribution in [2.45, 2.75) is 38.8 Å². The maximum Gasteiger partial charge on any atom is 0.434 e. The number of halogens is 3. The lowest BCUT2D eigenvalue weighted by atomic mass is 10.1. The highest BCUT2D eigenvalue weighted by molar-refractivity contribution is 5.87. The first kappa shape index (κ1) is 14.6. The molecule has 3 nitrogen and oxygen atoms in total. The first-order valence-corrected chi connectivity index (χ1v) is 6.55. The van der Waals surface area contributed by atoms with Crippen molar-refractivity contribution in [1.82, 2.24) is 9.66 Å². The molecule has 0 aromatic carbocycles. The van der Waals surface area contributed by atoms with Gasteiger partial charge in [-0.25, -0.2) is 9.66 Å². The summed E-state index contributed by atoms with van der Waals surface area (Å²) in [6, 6.07) is 0. The fourth-order valence-electron chi connectivity index (χ4n) is 1.90. The predicted octanol–water partition coefficient (Wildman–Crippen LogP) is 4.27. The van der Waals surface area contributed by atoms with Crippen molar-refractivity contribution in [3.8, 4) is 0 Å². The predicted molar refractivity (Wildman–Crippen MR) is 72.4 cm³/mol. The van der Waals surface area contributed by atoms with Crippen LogP contribution in [-0.4, -0.2) is 15.4 Å². The molecular formula is C14H16F3N3. The Balaban J connectivity index is 2.16. The molecule has 2 heterocycles. The normalized spacial score (nSPS) is 15.3. The van der Waals surface area contributed by atoms with E-state index in [9.17, 15) is 13.2 Å². The van der Waals surface area contributed by atoms with Gasteiger partial charge in [-0.05, 0) is 25.3 Å². The third-order valence-corrected chi connectivity index (χ3v) is 2.88. The molecule has 1 aliphatic heterocycles. The molecule has 1 aromatic heterocycles. The number of hydrogen-bond acceptors (Lipinski definition) is 2. The van der Waals surface area contributed by atoms with Gasteiger partial charge in [0, 0.05) is 12.1 Å². The summed E-state index contributed by atoms with van der Waals surface area (Å²) in [6.45, 7) is 2.05. The minimum absolute atomic E-state index is 0.219. The second-order valence-electron chi connectivity index (χ2n) is 4.52. The third kappa shape index (κ3) is 3.59. The summed E-state index contributed by atoms with van der Waals surface area (Å²) in [5.41, 5.74) is -0.0556. The van der Waals surface area contributed by atoms with E-state index in [1.165, 1.54) is 4.68 Å². The third-order valence-electron chi connectivity index (χ3n) is 2.88. The highest BCUT2D eigenvalue weighted by Gasteiger charge is 2.34. The molecule has 1 aliphatic rings. The fraction of sp³-hybridized carbons (Fsp3) is 0.429. The Morgan fingerprint density at radius 1 is 1.35 bits per heavy atom. The molecule has 6 heteroatoms. The number of alkyl halides is 3. The van der Waals surface area contributed by atoms with Crippen LogP contribution < -0.4 is 0 Å². The summed E-state index contributed by atoms with van der Waals surface area (Å²) in [7, 11) is 0. The lowest BCUT2D eigenvalue weighted by Crippen LogP contribution is -2.05. The molecule has 0 fully saturated rings. The molecule has 0 spiro atoms. The number of imidazole rings is 1. The zero-order valence-corrected chi connectivity index (χ0v) is 11.2. The Morgan fingerprint density at radius 3 is 2.85 bits per heavy atom. The molecule has 0 bridgehead atoms. The van der Waals surface area contributed by atoms with Crippen LogP contribution in [0.15, 0.2) is 29.5 Å². The van der Waals surface area contributed by atoms with Crippen molar-refractivity contribution in [2.75, 3.05) is 0 Å². The number of rotatable bonds is 4. The van der Waals surface area contributed by atoms with Gasteiger partial charge in [0.25, 0.3) is 0 Å². The Bertz CT molecular complexity index is 551. The average molecular weight is 283 g/mol. The lowest BCUT2D eigenvalue weighted by molar-refractivity contribution is -0.141. The standard InChI is InChI=1S/C14H16F3N3/c1-2-3-4-5-7-11-8-6-9-13-18-12(14(15,16)17)10-20(13)19-11/h3-4,6,9-10H,2,5,7-8H2,1H3/b4-3-. The summed E-state index contributed by atoms with van der Waals surface area (Å²) in [6.07, 6.45) is 7.21. The molecule has 0 amide bonds. The Morgan fingerprint density at radius 2 is 2.15 bits per heavy atom. The van der Waals surface area contributed by atoms with Crippen LogP contribution in [0.25, 0.3) is 6.08 Å². The first-order valence-electron chi connectivity index (χ1n) is 6.55. The van der Waals surface area contributed by atoms with E-state index in [4.69, 9.17) is 0 Å². The van der Waals surface area contributed by atoms with E-state index in [1.807, 2.05) is 0 Å². The van der Waals surface area contributed by atoms with Gasteiger partial charge in [-0.15, -0.1) is 0 Å². The molecule has 2 rings (SSSR count). The quantitative estimate of drug-likeness (QED) is 0.759. The van der Waals surface area contributed by atoms with Gasteiger partial charge >= 0.3 is 6.18 Å². The largest absolute Gasteiger partial charge is 0.434 e. The van der Waals surface area contributed by atoms with Crippen LogP contribution in [0.5, 0.6) is 0 Å². The van der Waals surface area contributed by atoms with Crippen LogP contribution in [0.1, 0.15) is 44.1 Å². The van der Waals surface area contributed by atoms with Crippen LogP contribution in [0.3, 0.4) is 0 Å². The Hall–Kier alpha value is -1.85. The van der Waals surface area contributed by atoms with Gasteiger partial charge < -0.3 is 0 Å². The van der Waals surface area contributed by atoms with Crippen molar-refractivity contribution in [3.63, 3.8) is 0 Å². The molecular weight excluding hydrogens is 267 g/mol. The van der Waals surface area contributed by atoms with Gasteiger partial charge in [-0.1, -0.05) is 25.2 Å². The molecule has 0 saturated carbocycles. The van der Waals surface area contributed by atoms with Crippen molar-refractivity contribution in [3.05, 3.63) is 35.9 Å². The van der Waals surface area contributed by atoms with Gasteiger partial charge in [-0.2, -0.15) is 18.3 Å². The monoisotopic (exact) mass is 283 g/mol. The van der Waals surface area contributed by atoms with Crippen LogP contribution in [0, 0.1) is 0 Å². The molecule has 1 aromatic rings. The summed E-state index contributed by atoms with van der Waals surface area (Å²) in [4.78, 5) is 3.56. The summed E-state index contributed by atoms with van der Waals surface area (Å²) in [5, 5.41) is 4.25. The second kappa shape index (κ2) is 6.07. The van der Waals surface area contributed by atoms with Crippen LogP contribution in [-0.2, 0) is 6.18 Å². The van der Waals surface area contributed by atoms with Gasteiger partial charge in [0.1, 0.15) is 0 Å². The maximum absolute atomic E-state index is 12.6. The van der Waals surface area contributed by atoms with E-state index in [0.717, 1.165) is 31.2 Å². The zero-order valence-electron chi connectivity index (χ0n) is 11.2. The van der Waals surface area contributed by atoms with Crippen molar-refractivity contribution < 1.29 is 13.2 Å². The summed E-state index contributed by atoms with van der Waals surface area (Å²) >= 11 is 0. The number of hydrogen-bond donors (Lipinski definition) is 0. The van der Waals surface area contributed by atoms with Crippen molar-refractivity contribution >= 4 is 11.8 Å². The van der Waals surface area contributed by atoms with E-state index in [1.54, 1.807) is 12.2 Å². The smallest absolute Gasteiger partial charge is 0.223 e. The number of aromatic nitrogens is 2. The number of allylic oxidation sites excluding steroid dienone is 3. The van der Waals surface area contributed by atoms with Gasteiger partial charge in [0.2, 0.25) is 0 Å². The molecule has 108 valence electrons. The van der Waals surface area contributed by atoms with Gasteiger partial charge in [0.05, 0.1) is 6.20 Å². The lowest BCUT2D eigenvalue weighted by Gasteiger charge is -2.02. The second-order valence-corrected chi connectivity index (χ2v) is 4.52. The van der Waals surface area contributed by atoms with E-state index >= 15 is 0 Å². The van der Waals surface area contributed by atoms with Gasteiger partial charge in [-0.3, -0.25) is 0 Å². The minimum Gasteiger partial charge on any atom is -0.223 e. The Kier molecular flexibility index (Phi) is 4.42. The molecule has 0 saturated heterocycles. The molecule has 0 atom stereocenters. The van der Waals surface area contributed by atoms with E-state index in [-0.39, 0.29) is 5.82 Å². The maximum atomic E-state index is 12.6. The van der Waals surface area contributed by atoms with Crippen molar-refractivity contribution in [1.29, 1.82) is 0 Å². The topological polar surface area (TPSA) is 30.2 Å². The minimum atomic E-state index is -4.44. The van der Waals surface area contributed by atoms with Crippen LogP contribution >= 0.6 is 0 Å². The molecule has 0 N–H and O–H groups in total. The van der Waals surface area contributed by atoms with E-state index < -0.39 is 11.9 Å². The Labute approximate surface area is 115 Å². The number of fused-ring (bicyclic) bond motifs is 1. The first-order chi connectivity index (χ1) is 9.50. The van der Waals surface area contributed by atoms with E-state index in [0.29, 0.717) is 6.42 Å². The summed E-state index contributed by atoms with van der Waals surface area (Å²) < 4.78 is 39.0. The van der Waals surface area contributed by atoms with Gasteiger partial charge in [0.15, 0.2) is 11.5 Å². The molecule has 0 radical (unpaired) electrons. The number of nitrogens with zero attached hydrogens (tertiary/aromatic N) is 3. The van der Waals surface area contributed by atoms with Crippen LogP contribution in [0.4, 0.5) is 13.2 Å². The van der Waals surface area contributed by atoms with E-state index in [2.05, 4.69) is 29.2 Å². The highest BCUT2D eigenvalue weighted by Crippen LogP contribution is 2.29. The molecule has 0 aliphatic carbocycles. The average Bonchev–Trinajstić information content (AvgIpc) is 2.69. The SMILES string of the molecule is CC/C=C\CCC1=Nn2cc(C(F)(F)F)nc2C=CC1. The zero-order chi connectivity index (χ0) is 14.6. The van der Waals surface area contributed by atoms with Crippen LogP contribution in [0.2, 0.25) is 0 Å². The molecule has 0 unspecified atom stereocenters. The fourth-order valence-corrected chi connectivity index (χ4v) is 1.90. The molecule has 20 heavy (non-hydrogen) atoms. The highest BCUT2D eigenvalue weighted by atomic mass is 19.4. The van der Waals surface area contributed by atoms with Crippen molar-refractivity contribution in [2.24, 2.45) is 5.10 Å². The summed E-state index contributed by atoms with van der Waals surface area (Å²) in [5.74, 6) is 0.219.